The lowest BCUT2D eigenvalue weighted by Gasteiger charge is -2.24. The second-order valence-electron chi connectivity index (χ2n) is 3.92. The van der Waals surface area contributed by atoms with Crippen molar-refractivity contribution in [2.24, 2.45) is 15.0 Å². The Kier molecular flexibility index (Phi) is 2.30. The Balaban J connectivity index is 1.97. The first-order chi connectivity index (χ1) is 8.78. The van der Waals surface area contributed by atoms with Gasteiger partial charge in [-0.1, -0.05) is 0 Å². The Morgan fingerprint density at radius 3 is 3.22 bits per heavy atom. The first-order valence-electron chi connectivity index (χ1n) is 5.39. The molecule has 0 aromatic carbocycles. The molecule has 0 aliphatic carbocycles. The molecule has 3 N–H and O–H groups in total. The fraction of sp³-hybridized carbons (Fsp3) is 0.300. The molecule has 0 fully saturated rings. The van der Waals surface area contributed by atoms with Crippen LogP contribution in [0, 0.1) is 11.3 Å². The second kappa shape index (κ2) is 3.96. The van der Waals surface area contributed by atoms with Gasteiger partial charge in [0, 0.05) is 0 Å². The number of aromatic nitrogens is 2. The van der Waals surface area contributed by atoms with E-state index in [9.17, 15) is 0 Å². The third-order valence-corrected chi connectivity index (χ3v) is 2.68. The van der Waals surface area contributed by atoms with Crippen LogP contribution in [0.4, 0.5) is 5.82 Å². The summed E-state index contributed by atoms with van der Waals surface area (Å²) in [6.07, 6.45) is 2.87. The minimum absolute atomic E-state index is 0.122. The molecule has 0 saturated carbocycles. The minimum atomic E-state index is -0.196. The first-order valence-corrected chi connectivity index (χ1v) is 5.39. The van der Waals surface area contributed by atoms with Crippen molar-refractivity contribution >= 4 is 23.8 Å². The van der Waals surface area contributed by atoms with Crippen LogP contribution in [0.15, 0.2) is 21.2 Å². The van der Waals surface area contributed by atoms with Crippen LogP contribution in [0.5, 0.6) is 0 Å². The topological polar surface area (TPSA) is 114 Å². The summed E-state index contributed by atoms with van der Waals surface area (Å²) >= 11 is 0. The van der Waals surface area contributed by atoms with Crippen LogP contribution in [-0.2, 0) is 0 Å². The quantitative estimate of drug-likeness (QED) is 0.625. The summed E-state index contributed by atoms with van der Waals surface area (Å²) in [5, 5.41) is 21.5. The minimum Gasteiger partial charge on any atom is -0.363 e. The van der Waals surface area contributed by atoms with E-state index in [0.717, 1.165) is 5.84 Å². The van der Waals surface area contributed by atoms with Gasteiger partial charge in [0.15, 0.2) is 12.0 Å². The van der Waals surface area contributed by atoms with Gasteiger partial charge in [-0.15, -0.1) is 0 Å². The number of nitrogens with zero attached hydrogens (tertiary/aromatic N) is 5. The van der Waals surface area contributed by atoms with Gasteiger partial charge < -0.3 is 10.6 Å². The molecule has 8 nitrogen and oxygen atoms in total. The lowest BCUT2D eigenvalue weighted by atomic mass is 10.2. The molecule has 0 saturated heterocycles. The fourth-order valence-corrected chi connectivity index (χ4v) is 1.86. The highest BCUT2D eigenvalue weighted by Crippen LogP contribution is 2.17. The molecular weight excluding hydrogens is 232 g/mol. The van der Waals surface area contributed by atoms with E-state index in [1.165, 1.54) is 6.20 Å². The van der Waals surface area contributed by atoms with Crippen molar-refractivity contribution in [1.82, 2.24) is 20.8 Å². The van der Waals surface area contributed by atoms with Gasteiger partial charge in [-0.2, -0.15) is 10.4 Å². The smallest absolute Gasteiger partial charge is 0.170 e. The third kappa shape index (κ3) is 1.62. The van der Waals surface area contributed by atoms with E-state index in [1.807, 2.05) is 13.0 Å². The average molecular weight is 242 g/mol. The number of rotatable bonds is 1. The molecule has 18 heavy (non-hydrogen) atoms. The van der Waals surface area contributed by atoms with Gasteiger partial charge in [0.25, 0.3) is 0 Å². The summed E-state index contributed by atoms with van der Waals surface area (Å²) in [5.41, 5.74) is 0.403. The molecule has 2 atom stereocenters. The molecule has 2 unspecified atom stereocenters. The maximum atomic E-state index is 8.91. The molecule has 0 radical (unpaired) electrons. The van der Waals surface area contributed by atoms with Crippen LogP contribution in [0.25, 0.3) is 0 Å². The number of aromatic amines is 1. The van der Waals surface area contributed by atoms with Gasteiger partial charge >= 0.3 is 0 Å². The van der Waals surface area contributed by atoms with Crippen molar-refractivity contribution in [1.29, 1.82) is 5.26 Å². The van der Waals surface area contributed by atoms with E-state index >= 15 is 0 Å². The zero-order valence-corrected chi connectivity index (χ0v) is 9.55. The van der Waals surface area contributed by atoms with Crippen molar-refractivity contribution in [2.45, 2.75) is 19.1 Å². The molecule has 0 bridgehead atoms. The van der Waals surface area contributed by atoms with Crippen molar-refractivity contribution in [3.8, 4) is 6.07 Å². The number of hydrogen-bond donors (Lipinski definition) is 3. The lowest BCUT2D eigenvalue weighted by Crippen LogP contribution is -2.51. The second-order valence-corrected chi connectivity index (χ2v) is 3.92. The van der Waals surface area contributed by atoms with E-state index in [-0.39, 0.29) is 12.2 Å². The summed E-state index contributed by atoms with van der Waals surface area (Å²) in [6.45, 7) is 1.84. The van der Waals surface area contributed by atoms with E-state index in [0.29, 0.717) is 17.2 Å². The maximum absolute atomic E-state index is 8.91. The number of hydrogen-bond acceptors (Lipinski definition) is 6. The van der Waals surface area contributed by atoms with Crippen LogP contribution < -0.4 is 10.6 Å². The number of aliphatic imine (C=N–C) groups is 3. The van der Waals surface area contributed by atoms with Crippen molar-refractivity contribution in [3.63, 3.8) is 0 Å². The number of nitrogens with one attached hydrogen (secondary N) is 3. The Labute approximate surface area is 103 Å². The molecule has 90 valence electrons. The van der Waals surface area contributed by atoms with E-state index in [1.54, 1.807) is 6.34 Å². The van der Waals surface area contributed by atoms with Crippen molar-refractivity contribution in [2.75, 3.05) is 0 Å². The van der Waals surface area contributed by atoms with E-state index in [4.69, 9.17) is 5.26 Å². The average Bonchev–Trinajstić information content (AvgIpc) is 2.96. The van der Waals surface area contributed by atoms with Crippen LogP contribution in [-0.4, -0.2) is 40.4 Å². The Morgan fingerprint density at radius 2 is 2.39 bits per heavy atom. The van der Waals surface area contributed by atoms with E-state index in [2.05, 4.69) is 35.8 Å². The van der Waals surface area contributed by atoms with Gasteiger partial charge in [0.1, 0.15) is 29.3 Å². The Morgan fingerprint density at radius 1 is 1.50 bits per heavy atom. The van der Waals surface area contributed by atoms with Crippen LogP contribution in [0.1, 0.15) is 12.5 Å². The van der Waals surface area contributed by atoms with Crippen LogP contribution in [0.3, 0.4) is 0 Å². The van der Waals surface area contributed by atoms with Crippen molar-refractivity contribution < 1.29 is 0 Å². The highest BCUT2D eigenvalue weighted by atomic mass is 15.3. The highest BCUT2D eigenvalue weighted by molar-refractivity contribution is 6.06. The molecule has 3 heterocycles. The zero-order chi connectivity index (χ0) is 12.5. The number of nitriles is 1. The predicted octanol–water partition coefficient (Wildman–Crippen LogP) is -0.341. The SMILES string of the molecule is CC1=NC2N=CNC2/C(=N\c2[nH]ncc2C#N)N1. The normalized spacial score (nSPS) is 27.1. The summed E-state index contributed by atoms with van der Waals surface area (Å²) in [6, 6.07) is 1.90. The standard InChI is InChI=1S/C10H10N8/c1-5-15-9-7(12-4-13-9)10(16-5)17-8-6(2-11)3-14-18-8/h3-4,7,9H,1H3,(H,12,13)(H2,14,15,16,17,18). The number of amidine groups is 2. The van der Waals surface area contributed by atoms with Crippen molar-refractivity contribution in [3.05, 3.63) is 11.8 Å². The third-order valence-electron chi connectivity index (χ3n) is 2.68. The Bertz CT molecular complexity index is 602. The highest BCUT2D eigenvalue weighted by Gasteiger charge is 2.32. The molecule has 8 heteroatoms. The van der Waals surface area contributed by atoms with Gasteiger partial charge in [0.05, 0.1) is 12.5 Å². The molecule has 0 amide bonds. The molecule has 3 rings (SSSR count). The Hall–Kier alpha value is -2.69. The molecule has 1 aromatic rings. The summed E-state index contributed by atoms with van der Waals surface area (Å²) in [5.74, 6) is 1.85. The number of fused-ring (bicyclic) bond motifs is 1. The van der Waals surface area contributed by atoms with Gasteiger partial charge in [-0.05, 0) is 6.92 Å². The summed E-state index contributed by atoms with van der Waals surface area (Å²) in [4.78, 5) is 12.9. The lowest BCUT2D eigenvalue weighted by molar-refractivity contribution is 0.631. The van der Waals surface area contributed by atoms with Gasteiger partial charge in [-0.25, -0.2) is 15.0 Å². The molecular formula is C10H10N8. The number of H-pyrrole nitrogens is 1. The van der Waals surface area contributed by atoms with Gasteiger partial charge in [-0.3, -0.25) is 5.10 Å². The molecule has 2 aliphatic heterocycles. The summed E-state index contributed by atoms with van der Waals surface area (Å²) < 4.78 is 0. The van der Waals surface area contributed by atoms with Crippen LogP contribution >= 0.6 is 0 Å². The fourth-order valence-electron chi connectivity index (χ4n) is 1.86. The summed E-state index contributed by atoms with van der Waals surface area (Å²) in [7, 11) is 0. The maximum Gasteiger partial charge on any atom is 0.170 e. The van der Waals surface area contributed by atoms with E-state index < -0.39 is 0 Å². The first kappa shape index (κ1) is 10.5. The van der Waals surface area contributed by atoms with Gasteiger partial charge in [0.2, 0.25) is 0 Å². The molecule has 1 aromatic heterocycles. The van der Waals surface area contributed by atoms with Crippen LogP contribution in [0.2, 0.25) is 0 Å². The predicted molar refractivity (Wildman–Crippen MR) is 65.8 cm³/mol. The molecule has 2 aliphatic rings. The largest absolute Gasteiger partial charge is 0.363 e. The molecule has 0 spiro atoms. The zero-order valence-electron chi connectivity index (χ0n) is 9.55. The monoisotopic (exact) mass is 242 g/mol.